The molecule has 7 unspecified atom stereocenters. The van der Waals surface area contributed by atoms with Crippen LogP contribution in [-0.2, 0) is 14.3 Å². The summed E-state index contributed by atoms with van der Waals surface area (Å²) < 4.78 is 5.84. The van der Waals surface area contributed by atoms with Crippen molar-refractivity contribution in [3.63, 3.8) is 0 Å². The second-order valence-electron chi connectivity index (χ2n) is 14.0. The zero-order valence-corrected chi connectivity index (χ0v) is 23.6. The van der Waals surface area contributed by atoms with Crippen LogP contribution in [0, 0.1) is 57.7 Å². The number of carbonyl (C=O) groups excluding carboxylic acids is 1. The van der Waals surface area contributed by atoms with Crippen LogP contribution in [0.15, 0.2) is 12.2 Å². The minimum absolute atomic E-state index is 0.0339. The first-order valence-electron chi connectivity index (χ1n) is 14.7. The van der Waals surface area contributed by atoms with Gasteiger partial charge >= 0.3 is 11.9 Å². The summed E-state index contributed by atoms with van der Waals surface area (Å²) in [6.45, 7) is 13.8. The Morgan fingerprint density at radius 1 is 0.917 bits per heavy atom. The normalized spacial score (nSPS) is 47.0. The molecule has 5 heteroatoms. The highest BCUT2D eigenvalue weighted by atomic mass is 35.5. The summed E-state index contributed by atoms with van der Waals surface area (Å²) in [6.07, 6.45) is 11.5. The molecule has 5 aliphatic rings. The lowest BCUT2D eigenvalue weighted by Crippen LogP contribution is -2.60. The van der Waals surface area contributed by atoms with Gasteiger partial charge in [0.05, 0.1) is 5.41 Å². The number of carboxylic acid groups (broad SMARTS) is 1. The fraction of sp³-hybridized carbons (Fsp3) is 0.871. The Morgan fingerprint density at radius 2 is 1.56 bits per heavy atom. The number of halogens is 1. The molecule has 5 rings (SSSR count). The Morgan fingerprint density at radius 3 is 2.22 bits per heavy atom. The van der Waals surface area contributed by atoms with E-state index in [1.807, 2.05) is 0 Å². The van der Waals surface area contributed by atoms with Crippen LogP contribution in [0.1, 0.15) is 98.3 Å². The molecule has 4 nitrogen and oxygen atoms in total. The van der Waals surface area contributed by atoms with Gasteiger partial charge in [-0.1, -0.05) is 39.8 Å². The van der Waals surface area contributed by atoms with Crippen molar-refractivity contribution in [2.75, 3.05) is 5.88 Å². The van der Waals surface area contributed by atoms with E-state index in [-0.39, 0.29) is 34.7 Å². The summed E-state index contributed by atoms with van der Waals surface area (Å²) >= 11 is 5.76. The Labute approximate surface area is 223 Å². The number of alkyl halides is 1. The predicted octanol–water partition coefficient (Wildman–Crippen LogP) is 7.49. The van der Waals surface area contributed by atoms with Crippen LogP contribution in [0.4, 0.5) is 0 Å². The van der Waals surface area contributed by atoms with Crippen molar-refractivity contribution in [1.29, 1.82) is 0 Å². The number of fused-ring (bicyclic) bond motifs is 7. The summed E-state index contributed by atoms with van der Waals surface area (Å²) in [7, 11) is 0. The van der Waals surface area contributed by atoms with E-state index in [9.17, 15) is 14.7 Å². The second-order valence-corrected chi connectivity index (χ2v) is 14.2. The number of ether oxygens (including phenoxy) is 1. The summed E-state index contributed by atoms with van der Waals surface area (Å²) in [5.74, 6) is 2.84. The molecule has 0 heterocycles. The molecule has 0 amide bonds. The zero-order chi connectivity index (χ0) is 26.0. The molecule has 5 fully saturated rings. The van der Waals surface area contributed by atoms with E-state index in [1.165, 1.54) is 31.3 Å². The maximum atomic E-state index is 12.8. The third kappa shape index (κ3) is 3.74. The highest BCUT2D eigenvalue weighted by Crippen LogP contribution is 2.71. The summed E-state index contributed by atoms with van der Waals surface area (Å²) in [5, 5.41) is 10.5. The summed E-state index contributed by atoms with van der Waals surface area (Å²) in [5.41, 5.74) is 0.932. The quantitative estimate of drug-likeness (QED) is 0.232. The molecule has 5 aliphatic carbocycles. The van der Waals surface area contributed by atoms with E-state index < -0.39 is 11.4 Å². The van der Waals surface area contributed by atoms with E-state index in [2.05, 4.69) is 34.3 Å². The average Bonchev–Trinajstić information content (AvgIpc) is 3.25. The summed E-state index contributed by atoms with van der Waals surface area (Å²) in [6, 6.07) is 0. The lowest BCUT2D eigenvalue weighted by atomic mass is 9.39. The van der Waals surface area contributed by atoms with Gasteiger partial charge in [0.2, 0.25) is 0 Å². The number of aliphatic carboxylic acids is 1. The van der Waals surface area contributed by atoms with Crippen molar-refractivity contribution in [1.82, 2.24) is 0 Å². The molecule has 202 valence electrons. The Hall–Kier alpha value is -1.03. The number of carbonyl (C=O) groups is 2. The third-order valence-electron chi connectivity index (χ3n) is 12.7. The Kier molecular flexibility index (Phi) is 6.87. The van der Waals surface area contributed by atoms with Gasteiger partial charge in [0.15, 0.2) is 0 Å². The van der Waals surface area contributed by atoms with Crippen LogP contribution in [0.5, 0.6) is 0 Å². The van der Waals surface area contributed by atoms with Gasteiger partial charge < -0.3 is 9.84 Å². The fourth-order valence-electron chi connectivity index (χ4n) is 10.9. The molecule has 0 aromatic heterocycles. The lowest BCUT2D eigenvalue weighted by molar-refractivity contribution is -0.192. The van der Waals surface area contributed by atoms with E-state index in [0.717, 1.165) is 44.9 Å². The monoisotopic (exact) mass is 518 g/mol. The molecule has 5 saturated carbocycles. The molecule has 0 radical (unpaired) electrons. The number of esters is 1. The van der Waals surface area contributed by atoms with Crippen molar-refractivity contribution >= 4 is 23.5 Å². The second kappa shape index (κ2) is 9.31. The van der Waals surface area contributed by atoms with Crippen molar-refractivity contribution in [3.8, 4) is 0 Å². The van der Waals surface area contributed by atoms with Crippen LogP contribution >= 0.6 is 11.6 Å². The van der Waals surface area contributed by atoms with Crippen LogP contribution in [0.2, 0.25) is 0 Å². The van der Waals surface area contributed by atoms with Crippen molar-refractivity contribution in [3.05, 3.63) is 12.2 Å². The molecular formula is C31H47ClO4. The van der Waals surface area contributed by atoms with Gasteiger partial charge in [-0.05, 0) is 117 Å². The first kappa shape index (κ1) is 26.6. The van der Waals surface area contributed by atoms with Gasteiger partial charge in [0.25, 0.3) is 0 Å². The molecule has 0 spiro atoms. The molecule has 36 heavy (non-hydrogen) atoms. The molecule has 10 atom stereocenters. The van der Waals surface area contributed by atoms with E-state index in [4.69, 9.17) is 16.3 Å². The Bertz CT molecular complexity index is 912. The van der Waals surface area contributed by atoms with E-state index in [0.29, 0.717) is 35.5 Å². The first-order chi connectivity index (χ1) is 17.0. The van der Waals surface area contributed by atoms with Crippen molar-refractivity contribution < 1.29 is 19.4 Å². The molecule has 0 aliphatic heterocycles. The van der Waals surface area contributed by atoms with Crippen molar-refractivity contribution in [2.45, 2.75) is 104 Å². The molecule has 1 N–H and O–H groups in total. The first-order valence-corrected chi connectivity index (χ1v) is 15.2. The fourth-order valence-corrected chi connectivity index (χ4v) is 11.0. The topological polar surface area (TPSA) is 63.6 Å². The summed E-state index contributed by atoms with van der Waals surface area (Å²) in [4.78, 5) is 24.8. The predicted molar refractivity (Wildman–Crippen MR) is 143 cm³/mol. The third-order valence-corrected chi connectivity index (χ3v) is 12.9. The average molecular weight is 519 g/mol. The number of hydrogen-bond donors (Lipinski definition) is 1. The van der Waals surface area contributed by atoms with E-state index >= 15 is 0 Å². The van der Waals surface area contributed by atoms with Crippen LogP contribution in [-0.4, -0.2) is 29.0 Å². The number of hydrogen-bond acceptors (Lipinski definition) is 3. The van der Waals surface area contributed by atoms with Crippen LogP contribution < -0.4 is 0 Å². The van der Waals surface area contributed by atoms with E-state index in [1.54, 1.807) is 0 Å². The standard InChI is InChI=1S/C31H47ClO4/c1-6-18(2)19-13-14-31(28(34)35)16-15-30(5)23-11-10-22-20(21(23)7-9-24(30)27(19)31)8-12-25(29(22,3)4)36-26(33)17-32/h19-25,27H,2,6-17H2,1,3-5H3,(H,34,35)/t19?,20?,21?,22?,23?,24?,25-,27?,30-,31-/m0/s1. The SMILES string of the molecule is C=C(CC)C1CC[C@]2(C(=O)O)CC[C@@]3(C)C4CCC5C(CC[C@H](OC(=O)CCl)C5(C)C)C4CCC3C12. The van der Waals surface area contributed by atoms with Crippen molar-refractivity contribution in [2.24, 2.45) is 57.7 Å². The molecule has 0 bridgehead atoms. The molecule has 0 aromatic carbocycles. The highest BCUT2D eigenvalue weighted by molar-refractivity contribution is 6.26. The molecule has 0 saturated heterocycles. The molecular weight excluding hydrogens is 472 g/mol. The number of rotatable bonds is 5. The highest BCUT2D eigenvalue weighted by Gasteiger charge is 2.67. The minimum atomic E-state index is -0.543. The minimum Gasteiger partial charge on any atom is -0.481 e. The van der Waals surface area contributed by atoms with Gasteiger partial charge in [-0.2, -0.15) is 0 Å². The Balaban J connectivity index is 1.42. The number of carboxylic acids is 1. The molecule has 0 aromatic rings. The zero-order valence-electron chi connectivity index (χ0n) is 22.9. The van der Waals surface area contributed by atoms with Crippen LogP contribution in [0.3, 0.4) is 0 Å². The van der Waals surface area contributed by atoms with Gasteiger partial charge in [-0.25, -0.2) is 0 Å². The smallest absolute Gasteiger partial charge is 0.321 e. The lowest BCUT2D eigenvalue weighted by Gasteiger charge is -2.65. The van der Waals surface area contributed by atoms with Gasteiger partial charge in [-0.3, -0.25) is 9.59 Å². The van der Waals surface area contributed by atoms with Gasteiger partial charge in [0, 0.05) is 5.41 Å². The van der Waals surface area contributed by atoms with Gasteiger partial charge in [-0.15, -0.1) is 11.6 Å². The maximum absolute atomic E-state index is 12.8. The number of allylic oxidation sites excluding steroid dienone is 1. The van der Waals surface area contributed by atoms with Gasteiger partial charge in [0.1, 0.15) is 12.0 Å². The maximum Gasteiger partial charge on any atom is 0.321 e. The largest absolute Gasteiger partial charge is 0.481 e. The van der Waals surface area contributed by atoms with Crippen LogP contribution in [0.25, 0.3) is 0 Å².